The van der Waals surface area contributed by atoms with E-state index in [1.165, 1.54) is 0 Å². The molecule has 200 valence electrons. The number of hydrogen-bond donors (Lipinski definition) is 1. The van der Waals surface area contributed by atoms with Crippen molar-refractivity contribution >= 4 is 29.4 Å². The summed E-state index contributed by atoms with van der Waals surface area (Å²) in [6.07, 6.45) is -1.28. The van der Waals surface area contributed by atoms with Crippen molar-refractivity contribution < 1.29 is 23.9 Å². The van der Waals surface area contributed by atoms with Crippen LogP contribution in [0.3, 0.4) is 0 Å². The van der Waals surface area contributed by atoms with Gasteiger partial charge in [0.2, 0.25) is 6.10 Å². The average molecular weight is 533 g/mol. The molecule has 1 N–H and O–H groups in total. The quantitative estimate of drug-likeness (QED) is 0.241. The van der Waals surface area contributed by atoms with E-state index in [-0.39, 0.29) is 17.5 Å². The molecule has 1 heterocycles. The van der Waals surface area contributed by atoms with Gasteiger partial charge in [-0.1, -0.05) is 84.9 Å². The maximum absolute atomic E-state index is 13.9. The Kier molecular flexibility index (Phi) is 7.55. The summed E-state index contributed by atoms with van der Waals surface area (Å²) in [6.45, 7) is 3.79. The smallest absolute Gasteiger partial charge is 0.330 e. The average Bonchev–Trinajstić information content (AvgIpc) is 3.22. The molecule has 0 unspecified atom stereocenters. The molecule has 40 heavy (non-hydrogen) atoms. The van der Waals surface area contributed by atoms with Crippen LogP contribution >= 0.6 is 0 Å². The van der Waals surface area contributed by atoms with Gasteiger partial charge in [-0.3, -0.25) is 19.3 Å². The van der Waals surface area contributed by atoms with Crippen LogP contribution in [0.2, 0.25) is 0 Å². The first kappa shape index (κ1) is 26.6. The normalized spacial score (nSPS) is 13.9. The van der Waals surface area contributed by atoms with Crippen LogP contribution in [0.1, 0.15) is 49.1 Å². The highest BCUT2D eigenvalue weighted by Crippen LogP contribution is 2.29. The van der Waals surface area contributed by atoms with Crippen LogP contribution in [0.25, 0.3) is 0 Å². The van der Waals surface area contributed by atoms with E-state index in [0.717, 1.165) is 21.6 Å². The topological polar surface area (TPSA) is 92.8 Å². The number of nitrogens with one attached hydrogen (secondary N) is 1. The summed E-state index contributed by atoms with van der Waals surface area (Å²) < 4.78 is 5.89. The van der Waals surface area contributed by atoms with E-state index in [4.69, 9.17) is 4.74 Å². The van der Waals surface area contributed by atoms with Gasteiger partial charge in [-0.2, -0.15) is 0 Å². The third-order valence-electron chi connectivity index (χ3n) is 6.91. The number of rotatable bonds is 8. The summed E-state index contributed by atoms with van der Waals surface area (Å²) >= 11 is 0. The molecule has 0 spiro atoms. The molecule has 3 amide bonds. The number of nitrogens with zero attached hydrogens (tertiary/aromatic N) is 1. The Morgan fingerprint density at radius 3 is 1.98 bits per heavy atom. The molecule has 0 saturated carbocycles. The van der Waals surface area contributed by atoms with Crippen molar-refractivity contribution in [1.29, 1.82) is 0 Å². The van der Waals surface area contributed by atoms with Gasteiger partial charge in [-0.05, 0) is 48.7 Å². The second-order valence-corrected chi connectivity index (χ2v) is 9.77. The lowest BCUT2D eigenvalue weighted by Gasteiger charge is -2.27. The van der Waals surface area contributed by atoms with Crippen molar-refractivity contribution in [2.45, 2.75) is 32.4 Å². The van der Waals surface area contributed by atoms with Crippen LogP contribution in [0.15, 0.2) is 103 Å². The first-order chi connectivity index (χ1) is 19.3. The Labute approximate surface area is 232 Å². The first-order valence-corrected chi connectivity index (χ1v) is 13.0. The molecule has 0 bridgehead atoms. The highest BCUT2D eigenvalue weighted by atomic mass is 16.5. The molecule has 0 radical (unpaired) electrons. The Morgan fingerprint density at radius 2 is 1.35 bits per heavy atom. The predicted octanol–water partition coefficient (Wildman–Crippen LogP) is 5.43. The highest BCUT2D eigenvalue weighted by Gasteiger charge is 2.44. The molecule has 4 aromatic carbocycles. The van der Waals surface area contributed by atoms with Gasteiger partial charge in [0.05, 0.1) is 11.1 Å². The standard InChI is InChI=1S/C33H28N2O5/c1-21-17-18-22(2)27(19-21)34-30(36)29(24-13-7-4-8-14-24)40-33(39)28(20-23-11-5-3-6-12-23)35-31(37)25-15-9-10-16-26(25)32(35)38/h3-19,28-29H,20H2,1-2H3,(H,34,36)/t28-,29+/m1/s1. The van der Waals surface area contributed by atoms with E-state index in [0.29, 0.717) is 11.3 Å². The maximum Gasteiger partial charge on any atom is 0.330 e. The number of amides is 3. The zero-order valence-corrected chi connectivity index (χ0v) is 22.2. The molecule has 4 aromatic rings. The number of carbonyl (C=O) groups excluding carboxylic acids is 4. The molecule has 0 saturated heterocycles. The zero-order chi connectivity index (χ0) is 28.2. The van der Waals surface area contributed by atoms with E-state index in [1.807, 2.05) is 50.2 Å². The van der Waals surface area contributed by atoms with Crippen LogP contribution in [-0.2, 0) is 20.7 Å². The lowest BCUT2D eigenvalue weighted by molar-refractivity contribution is -0.158. The van der Waals surface area contributed by atoms with E-state index in [2.05, 4.69) is 5.32 Å². The minimum atomic E-state index is -1.32. The Morgan fingerprint density at radius 1 is 0.775 bits per heavy atom. The van der Waals surface area contributed by atoms with Crippen molar-refractivity contribution in [2.75, 3.05) is 5.32 Å². The van der Waals surface area contributed by atoms with Crippen LogP contribution in [0.4, 0.5) is 5.69 Å². The predicted molar refractivity (Wildman–Crippen MR) is 151 cm³/mol. The van der Waals surface area contributed by atoms with Crippen molar-refractivity contribution in [1.82, 2.24) is 4.90 Å². The minimum Gasteiger partial charge on any atom is -0.446 e. The van der Waals surface area contributed by atoms with Crippen LogP contribution in [0, 0.1) is 13.8 Å². The summed E-state index contributed by atoms with van der Waals surface area (Å²) in [4.78, 5) is 55.1. The summed E-state index contributed by atoms with van der Waals surface area (Å²) in [5, 5.41) is 2.88. The molecule has 5 rings (SSSR count). The van der Waals surface area contributed by atoms with Crippen molar-refractivity contribution in [3.63, 3.8) is 0 Å². The number of benzene rings is 4. The van der Waals surface area contributed by atoms with Gasteiger partial charge in [0, 0.05) is 17.7 Å². The molecule has 7 nitrogen and oxygen atoms in total. The van der Waals surface area contributed by atoms with Gasteiger partial charge in [0.1, 0.15) is 6.04 Å². The third-order valence-corrected chi connectivity index (χ3v) is 6.91. The van der Waals surface area contributed by atoms with E-state index in [9.17, 15) is 19.2 Å². The zero-order valence-electron chi connectivity index (χ0n) is 22.2. The number of carbonyl (C=O) groups is 4. The van der Waals surface area contributed by atoms with E-state index in [1.54, 1.807) is 66.7 Å². The third kappa shape index (κ3) is 5.40. The fourth-order valence-corrected chi connectivity index (χ4v) is 4.77. The molecule has 1 aliphatic rings. The maximum atomic E-state index is 13.9. The SMILES string of the molecule is Cc1ccc(C)c(NC(=O)[C@@H](OC(=O)[C@@H](Cc2ccccc2)N2C(=O)c3ccccc3C2=O)c2ccccc2)c1. The van der Waals surface area contributed by atoms with Gasteiger partial charge in [0.15, 0.2) is 0 Å². The van der Waals surface area contributed by atoms with Crippen LogP contribution in [-0.4, -0.2) is 34.6 Å². The summed E-state index contributed by atoms with van der Waals surface area (Å²) in [6, 6.07) is 28.6. The van der Waals surface area contributed by atoms with Gasteiger partial charge >= 0.3 is 5.97 Å². The van der Waals surface area contributed by atoms with E-state index < -0.39 is 35.8 Å². The van der Waals surface area contributed by atoms with Gasteiger partial charge in [0.25, 0.3) is 17.7 Å². The fraction of sp³-hybridized carbons (Fsp3) is 0.152. The molecular formula is C33H28N2O5. The minimum absolute atomic E-state index is 0.0330. The second kappa shape index (κ2) is 11.4. The van der Waals surface area contributed by atoms with Crippen molar-refractivity contribution in [2.24, 2.45) is 0 Å². The molecule has 1 aliphatic heterocycles. The molecule has 0 fully saturated rings. The number of esters is 1. The summed E-state index contributed by atoms with van der Waals surface area (Å²) in [7, 11) is 0. The number of imide groups is 1. The number of hydrogen-bond acceptors (Lipinski definition) is 5. The second-order valence-electron chi connectivity index (χ2n) is 9.77. The van der Waals surface area contributed by atoms with E-state index >= 15 is 0 Å². The number of ether oxygens (including phenoxy) is 1. The largest absolute Gasteiger partial charge is 0.446 e. The summed E-state index contributed by atoms with van der Waals surface area (Å²) in [5.41, 5.74) is 4.06. The van der Waals surface area contributed by atoms with Gasteiger partial charge in [-0.15, -0.1) is 0 Å². The Bertz CT molecular complexity index is 1550. The van der Waals surface area contributed by atoms with Gasteiger partial charge in [-0.25, -0.2) is 4.79 Å². The molecular weight excluding hydrogens is 504 g/mol. The lowest BCUT2D eigenvalue weighted by atomic mass is 10.0. The Balaban J connectivity index is 1.49. The molecule has 0 aliphatic carbocycles. The van der Waals surface area contributed by atoms with Crippen molar-refractivity contribution in [3.8, 4) is 0 Å². The number of anilines is 1. The highest BCUT2D eigenvalue weighted by molar-refractivity contribution is 6.22. The van der Waals surface area contributed by atoms with Gasteiger partial charge < -0.3 is 10.1 Å². The lowest BCUT2D eigenvalue weighted by Crippen LogP contribution is -2.47. The molecule has 2 atom stereocenters. The molecule has 7 heteroatoms. The first-order valence-electron chi connectivity index (χ1n) is 13.0. The van der Waals surface area contributed by atoms with Crippen LogP contribution < -0.4 is 5.32 Å². The summed E-state index contributed by atoms with van der Waals surface area (Å²) in [5.74, 6) is -2.55. The Hall–Kier alpha value is -5.04. The monoisotopic (exact) mass is 532 g/mol. The fourth-order valence-electron chi connectivity index (χ4n) is 4.77. The number of fused-ring (bicyclic) bond motifs is 1. The van der Waals surface area contributed by atoms with Crippen molar-refractivity contribution in [3.05, 3.63) is 137 Å². The molecule has 0 aromatic heterocycles. The van der Waals surface area contributed by atoms with Crippen LogP contribution in [0.5, 0.6) is 0 Å². The number of aryl methyl sites for hydroxylation is 2.